The zero-order valence-electron chi connectivity index (χ0n) is 10.2. The van der Waals surface area contributed by atoms with Gasteiger partial charge in [-0.15, -0.1) is 0 Å². The van der Waals surface area contributed by atoms with Crippen molar-refractivity contribution in [2.24, 2.45) is 0 Å². The Morgan fingerprint density at radius 1 is 1.32 bits per heavy atom. The van der Waals surface area contributed by atoms with Crippen LogP contribution in [0.4, 0.5) is 5.69 Å². The molecule has 0 fully saturated rings. The smallest absolute Gasteiger partial charge is 0.278 e. The van der Waals surface area contributed by atoms with E-state index in [2.05, 4.69) is 9.97 Å². The predicted molar refractivity (Wildman–Crippen MR) is 69.7 cm³/mol. The van der Waals surface area contributed by atoms with Crippen molar-refractivity contribution < 1.29 is 9.90 Å². The molecule has 2 aromatic rings. The Hall–Kier alpha value is -2.27. The number of benzene rings is 1. The van der Waals surface area contributed by atoms with Crippen molar-refractivity contribution in [1.82, 2.24) is 9.97 Å². The maximum atomic E-state index is 12.4. The van der Waals surface area contributed by atoms with Gasteiger partial charge in [-0.05, 0) is 12.5 Å². The van der Waals surface area contributed by atoms with Crippen molar-refractivity contribution in [3.63, 3.8) is 0 Å². The number of carbonyl (C=O) groups excluding carboxylic acids is 1. The maximum Gasteiger partial charge on any atom is 0.278 e. The Kier molecular flexibility index (Phi) is 2.97. The van der Waals surface area contributed by atoms with Crippen molar-refractivity contribution in [2.75, 3.05) is 11.4 Å². The van der Waals surface area contributed by atoms with Gasteiger partial charge in [0, 0.05) is 30.2 Å². The van der Waals surface area contributed by atoms with E-state index in [9.17, 15) is 9.90 Å². The van der Waals surface area contributed by atoms with Gasteiger partial charge in [0.15, 0.2) is 0 Å². The van der Waals surface area contributed by atoms with E-state index in [4.69, 9.17) is 0 Å². The van der Waals surface area contributed by atoms with E-state index in [1.165, 1.54) is 18.6 Å². The van der Waals surface area contributed by atoms with Crippen LogP contribution in [0.3, 0.4) is 0 Å². The first-order valence-corrected chi connectivity index (χ1v) is 6.12. The number of para-hydroxylation sites is 1. The van der Waals surface area contributed by atoms with Gasteiger partial charge in [-0.1, -0.05) is 18.2 Å². The minimum atomic E-state index is -0.512. The third-order valence-corrected chi connectivity index (χ3v) is 3.24. The Bertz CT molecular complexity index is 601. The van der Waals surface area contributed by atoms with Gasteiger partial charge < -0.3 is 10.0 Å². The average molecular weight is 255 g/mol. The van der Waals surface area contributed by atoms with Crippen molar-refractivity contribution in [1.29, 1.82) is 0 Å². The van der Waals surface area contributed by atoms with Crippen molar-refractivity contribution in [3.8, 4) is 0 Å². The molecule has 5 nitrogen and oxygen atoms in total. The molecule has 1 aliphatic rings. The second-order valence-electron chi connectivity index (χ2n) is 4.41. The quantitative estimate of drug-likeness (QED) is 0.839. The fourth-order valence-electron chi connectivity index (χ4n) is 2.30. The van der Waals surface area contributed by atoms with Crippen LogP contribution in [0, 0.1) is 0 Å². The lowest BCUT2D eigenvalue weighted by molar-refractivity contribution is 0.0965. The molecule has 1 N–H and O–H groups in total. The normalized spacial score (nSPS) is 17.9. The number of aliphatic hydroxyl groups is 1. The summed E-state index contributed by atoms with van der Waals surface area (Å²) in [6, 6.07) is 7.40. The van der Waals surface area contributed by atoms with Crippen LogP contribution < -0.4 is 4.90 Å². The molecule has 1 aromatic heterocycles. The van der Waals surface area contributed by atoms with E-state index in [1.807, 2.05) is 24.3 Å². The number of rotatable bonds is 1. The summed E-state index contributed by atoms with van der Waals surface area (Å²) in [5, 5.41) is 9.97. The fraction of sp³-hybridized carbons (Fsp3) is 0.214. The number of aliphatic hydroxyl groups excluding tert-OH is 1. The monoisotopic (exact) mass is 255 g/mol. The molecule has 0 saturated carbocycles. The Balaban J connectivity index is 1.99. The first-order chi connectivity index (χ1) is 9.27. The first-order valence-electron chi connectivity index (χ1n) is 6.12. The minimum Gasteiger partial charge on any atom is -0.388 e. The molecule has 19 heavy (non-hydrogen) atoms. The third kappa shape index (κ3) is 2.08. The van der Waals surface area contributed by atoms with Crippen LogP contribution in [0.5, 0.6) is 0 Å². The summed E-state index contributed by atoms with van der Waals surface area (Å²) < 4.78 is 0. The van der Waals surface area contributed by atoms with Gasteiger partial charge in [0.2, 0.25) is 0 Å². The van der Waals surface area contributed by atoms with Gasteiger partial charge in [0.25, 0.3) is 5.91 Å². The summed E-state index contributed by atoms with van der Waals surface area (Å²) in [5.41, 5.74) is 1.84. The molecule has 96 valence electrons. The molecular formula is C14H13N3O2. The van der Waals surface area contributed by atoms with E-state index < -0.39 is 6.10 Å². The summed E-state index contributed by atoms with van der Waals surface area (Å²) in [6.45, 7) is 0.480. The van der Waals surface area contributed by atoms with Crippen LogP contribution in [0.1, 0.15) is 28.6 Å². The number of amides is 1. The summed E-state index contributed by atoms with van der Waals surface area (Å²) in [4.78, 5) is 22.0. The third-order valence-electron chi connectivity index (χ3n) is 3.24. The van der Waals surface area contributed by atoms with Crippen LogP contribution >= 0.6 is 0 Å². The highest BCUT2D eigenvalue weighted by Crippen LogP contribution is 2.33. The number of hydrogen-bond donors (Lipinski definition) is 1. The lowest BCUT2D eigenvalue weighted by Gasteiger charge is -2.31. The molecule has 0 radical (unpaired) electrons. The molecule has 1 aliphatic heterocycles. The second kappa shape index (κ2) is 4.78. The molecule has 0 aliphatic carbocycles. The Morgan fingerprint density at radius 2 is 2.16 bits per heavy atom. The van der Waals surface area contributed by atoms with Crippen LogP contribution in [0.2, 0.25) is 0 Å². The van der Waals surface area contributed by atoms with Crippen molar-refractivity contribution in [2.45, 2.75) is 12.5 Å². The van der Waals surface area contributed by atoms with E-state index in [1.54, 1.807) is 4.90 Å². The van der Waals surface area contributed by atoms with Crippen LogP contribution in [0.15, 0.2) is 42.9 Å². The van der Waals surface area contributed by atoms with E-state index in [0.29, 0.717) is 18.7 Å². The molecular weight excluding hydrogens is 242 g/mol. The molecule has 1 unspecified atom stereocenters. The number of anilines is 1. The molecule has 1 amide bonds. The van der Waals surface area contributed by atoms with Gasteiger partial charge >= 0.3 is 0 Å². The van der Waals surface area contributed by atoms with Gasteiger partial charge in [-0.3, -0.25) is 9.78 Å². The number of fused-ring (bicyclic) bond motifs is 1. The molecule has 0 saturated heterocycles. The van der Waals surface area contributed by atoms with Gasteiger partial charge in [0.1, 0.15) is 5.69 Å². The van der Waals surface area contributed by atoms with Crippen molar-refractivity contribution >= 4 is 11.6 Å². The van der Waals surface area contributed by atoms with E-state index >= 15 is 0 Å². The Labute approximate surface area is 110 Å². The number of carbonyl (C=O) groups is 1. The Morgan fingerprint density at radius 3 is 2.95 bits per heavy atom. The molecule has 2 heterocycles. The maximum absolute atomic E-state index is 12.4. The average Bonchev–Trinajstić information content (AvgIpc) is 2.48. The summed E-state index contributed by atoms with van der Waals surface area (Å²) in [7, 11) is 0. The van der Waals surface area contributed by atoms with Gasteiger partial charge in [-0.25, -0.2) is 4.98 Å². The highest BCUT2D eigenvalue weighted by molar-refractivity contribution is 6.05. The van der Waals surface area contributed by atoms with E-state index in [0.717, 1.165) is 11.3 Å². The van der Waals surface area contributed by atoms with Crippen LogP contribution in [0.25, 0.3) is 0 Å². The largest absolute Gasteiger partial charge is 0.388 e. The highest BCUT2D eigenvalue weighted by Gasteiger charge is 2.28. The minimum absolute atomic E-state index is 0.188. The molecule has 0 spiro atoms. The fourth-order valence-corrected chi connectivity index (χ4v) is 2.30. The first kappa shape index (κ1) is 11.8. The topological polar surface area (TPSA) is 66.3 Å². The van der Waals surface area contributed by atoms with Crippen LogP contribution in [-0.4, -0.2) is 27.5 Å². The summed E-state index contributed by atoms with van der Waals surface area (Å²) >= 11 is 0. The molecule has 0 bridgehead atoms. The zero-order chi connectivity index (χ0) is 13.2. The number of hydrogen-bond acceptors (Lipinski definition) is 4. The molecule has 1 atom stereocenters. The number of aromatic nitrogens is 2. The second-order valence-corrected chi connectivity index (χ2v) is 4.41. The van der Waals surface area contributed by atoms with Gasteiger partial charge in [0.05, 0.1) is 12.3 Å². The highest BCUT2D eigenvalue weighted by atomic mass is 16.3. The van der Waals surface area contributed by atoms with Crippen LogP contribution in [-0.2, 0) is 0 Å². The zero-order valence-corrected chi connectivity index (χ0v) is 10.2. The van der Waals surface area contributed by atoms with Crippen molar-refractivity contribution in [3.05, 3.63) is 54.1 Å². The standard InChI is InChI=1S/C14H13N3O2/c18-13-5-8-17(12-4-2-1-3-10(12)13)14(19)11-9-15-6-7-16-11/h1-4,6-7,9,13,18H,5,8H2. The van der Waals surface area contributed by atoms with E-state index in [-0.39, 0.29) is 5.91 Å². The SMILES string of the molecule is O=C(c1cnccn1)N1CCC(O)c2ccccc21. The summed E-state index contributed by atoms with van der Waals surface area (Å²) in [5.74, 6) is -0.188. The molecule has 1 aromatic carbocycles. The molecule has 5 heteroatoms. The van der Waals surface area contributed by atoms with Gasteiger partial charge in [-0.2, -0.15) is 0 Å². The molecule has 3 rings (SSSR count). The summed E-state index contributed by atoms with van der Waals surface area (Å²) in [6.07, 6.45) is 4.50. The predicted octanol–water partition coefficient (Wildman–Crippen LogP) is 1.56. The lowest BCUT2D eigenvalue weighted by atomic mass is 9.98. The lowest BCUT2D eigenvalue weighted by Crippen LogP contribution is -2.37. The number of nitrogens with zero attached hydrogens (tertiary/aromatic N) is 3.